The third-order valence-electron chi connectivity index (χ3n) is 3.14. The molecule has 1 aliphatic rings. The number of benzene rings is 1. The van der Waals surface area contributed by atoms with Crippen molar-refractivity contribution in [2.24, 2.45) is 0 Å². The number of thioether (sulfide) groups is 1. The zero-order valence-corrected chi connectivity index (χ0v) is 13.3. The van der Waals surface area contributed by atoms with E-state index in [-0.39, 0.29) is 29.8 Å². The van der Waals surface area contributed by atoms with E-state index in [1.54, 1.807) is 12.0 Å². The van der Waals surface area contributed by atoms with Crippen molar-refractivity contribution in [3.05, 3.63) is 29.8 Å². The molecule has 1 atom stereocenters. The van der Waals surface area contributed by atoms with E-state index in [2.05, 4.69) is 5.32 Å². The first-order chi connectivity index (χ1) is 10.0. The first kappa shape index (κ1) is 15.7. The molecule has 0 aromatic heterocycles. The molecule has 5 nitrogen and oxygen atoms in total. The van der Waals surface area contributed by atoms with E-state index >= 15 is 0 Å². The number of para-hydroxylation sites is 1. The Balaban J connectivity index is 2.18. The second kappa shape index (κ2) is 6.85. The molecule has 2 rings (SSSR count). The van der Waals surface area contributed by atoms with Gasteiger partial charge in [0.2, 0.25) is 11.8 Å². The molecule has 114 valence electrons. The highest BCUT2D eigenvalue weighted by atomic mass is 32.2. The van der Waals surface area contributed by atoms with E-state index in [4.69, 9.17) is 4.74 Å². The fourth-order valence-corrected chi connectivity index (χ4v) is 3.49. The monoisotopic (exact) mass is 308 g/mol. The number of methoxy groups -OCH3 is 1. The highest BCUT2D eigenvalue weighted by Crippen LogP contribution is 2.41. The van der Waals surface area contributed by atoms with Crippen LogP contribution in [0.1, 0.15) is 24.8 Å². The maximum absolute atomic E-state index is 12.1. The molecule has 0 aliphatic carbocycles. The quantitative estimate of drug-likeness (QED) is 0.901. The topological polar surface area (TPSA) is 58.6 Å². The molecule has 0 bridgehead atoms. The van der Waals surface area contributed by atoms with Gasteiger partial charge in [0.15, 0.2) is 0 Å². The fourth-order valence-electron chi connectivity index (χ4n) is 2.28. The summed E-state index contributed by atoms with van der Waals surface area (Å²) in [5.41, 5.74) is 0.924. The summed E-state index contributed by atoms with van der Waals surface area (Å²) >= 11 is 1.52. The molecule has 0 saturated carbocycles. The van der Waals surface area contributed by atoms with Crippen molar-refractivity contribution in [2.45, 2.75) is 25.3 Å². The van der Waals surface area contributed by atoms with Crippen molar-refractivity contribution in [3.63, 3.8) is 0 Å². The zero-order chi connectivity index (χ0) is 15.4. The minimum atomic E-state index is -0.174. The number of hydrogen-bond donors (Lipinski definition) is 1. The average molecular weight is 308 g/mol. The van der Waals surface area contributed by atoms with Crippen LogP contribution in [-0.2, 0) is 9.59 Å². The van der Waals surface area contributed by atoms with Gasteiger partial charge in [-0.05, 0) is 19.9 Å². The molecule has 1 heterocycles. The first-order valence-corrected chi connectivity index (χ1v) is 7.91. The van der Waals surface area contributed by atoms with Gasteiger partial charge in [-0.25, -0.2) is 0 Å². The average Bonchev–Trinajstić information content (AvgIpc) is 2.79. The van der Waals surface area contributed by atoms with Crippen LogP contribution in [0.5, 0.6) is 5.75 Å². The minimum absolute atomic E-state index is 0.0187. The third kappa shape index (κ3) is 3.69. The Labute approximate surface area is 129 Å². The van der Waals surface area contributed by atoms with Gasteiger partial charge in [0.25, 0.3) is 0 Å². The van der Waals surface area contributed by atoms with Crippen molar-refractivity contribution in [3.8, 4) is 5.75 Å². The van der Waals surface area contributed by atoms with E-state index in [1.807, 2.05) is 38.1 Å². The maximum atomic E-state index is 12.1. The summed E-state index contributed by atoms with van der Waals surface area (Å²) in [7, 11) is 1.61. The van der Waals surface area contributed by atoms with Crippen LogP contribution < -0.4 is 10.1 Å². The minimum Gasteiger partial charge on any atom is -0.496 e. The van der Waals surface area contributed by atoms with Crippen LogP contribution in [0.4, 0.5) is 0 Å². The van der Waals surface area contributed by atoms with Gasteiger partial charge in [-0.1, -0.05) is 18.2 Å². The molecular weight excluding hydrogens is 288 g/mol. The van der Waals surface area contributed by atoms with Crippen LogP contribution in [0, 0.1) is 0 Å². The van der Waals surface area contributed by atoms with Crippen LogP contribution >= 0.6 is 11.8 Å². The Morgan fingerprint density at radius 3 is 2.86 bits per heavy atom. The summed E-state index contributed by atoms with van der Waals surface area (Å²) in [5, 5.41) is 2.64. The van der Waals surface area contributed by atoms with E-state index in [0.29, 0.717) is 5.75 Å². The molecule has 1 aromatic rings. The van der Waals surface area contributed by atoms with Crippen molar-refractivity contribution in [1.82, 2.24) is 10.2 Å². The Hall–Kier alpha value is -1.69. The van der Waals surface area contributed by atoms with Crippen LogP contribution in [0.25, 0.3) is 0 Å². The SMILES string of the molecule is COc1ccccc1C1SCC(=O)N1CC(=O)NC(C)C. The van der Waals surface area contributed by atoms with E-state index < -0.39 is 0 Å². The number of hydrogen-bond acceptors (Lipinski definition) is 4. The zero-order valence-electron chi connectivity index (χ0n) is 12.5. The number of nitrogens with one attached hydrogen (secondary N) is 1. The van der Waals surface area contributed by atoms with Gasteiger partial charge in [0.1, 0.15) is 17.7 Å². The highest BCUT2D eigenvalue weighted by Gasteiger charge is 2.35. The number of amides is 2. The van der Waals surface area contributed by atoms with Crippen molar-refractivity contribution >= 4 is 23.6 Å². The fraction of sp³-hybridized carbons (Fsp3) is 0.467. The second-order valence-corrected chi connectivity index (χ2v) is 6.22. The van der Waals surface area contributed by atoms with Crippen molar-refractivity contribution in [1.29, 1.82) is 0 Å². The van der Waals surface area contributed by atoms with Crippen LogP contribution in [0.2, 0.25) is 0 Å². The van der Waals surface area contributed by atoms with Gasteiger partial charge in [0, 0.05) is 11.6 Å². The van der Waals surface area contributed by atoms with Crippen molar-refractivity contribution in [2.75, 3.05) is 19.4 Å². The number of carbonyl (C=O) groups excluding carboxylic acids is 2. The molecule has 1 saturated heterocycles. The summed E-state index contributed by atoms with van der Waals surface area (Å²) in [6.07, 6.45) is 0. The van der Waals surface area contributed by atoms with Crippen LogP contribution in [0.3, 0.4) is 0 Å². The molecule has 1 N–H and O–H groups in total. The molecule has 1 aromatic carbocycles. The smallest absolute Gasteiger partial charge is 0.239 e. The first-order valence-electron chi connectivity index (χ1n) is 6.86. The molecule has 0 spiro atoms. The summed E-state index contributed by atoms with van der Waals surface area (Å²) in [4.78, 5) is 25.6. The van der Waals surface area contributed by atoms with Gasteiger partial charge < -0.3 is 15.0 Å². The molecule has 0 radical (unpaired) electrons. The second-order valence-electron chi connectivity index (χ2n) is 5.15. The van der Waals surface area contributed by atoms with E-state index in [9.17, 15) is 9.59 Å². The van der Waals surface area contributed by atoms with E-state index in [1.165, 1.54) is 11.8 Å². The molecule has 2 amide bonds. The molecule has 21 heavy (non-hydrogen) atoms. The predicted molar refractivity (Wildman–Crippen MR) is 83.2 cm³/mol. The van der Waals surface area contributed by atoms with Crippen LogP contribution in [-0.4, -0.2) is 42.2 Å². The van der Waals surface area contributed by atoms with Gasteiger partial charge in [-0.3, -0.25) is 9.59 Å². The molecular formula is C15H20N2O3S. The number of carbonyl (C=O) groups is 2. The molecule has 1 fully saturated rings. The normalized spacial score (nSPS) is 18.2. The number of nitrogens with zero attached hydrogens (tertiary/aromatic N) is 1. The Morgan fingerprint density at radius 1 is 1.48 bits per heavy atom. The summed E-state index contributed by atoms with van der Waals surface area (Å²) in [5.74, 6) is 0.965. The van der Waals surface area contributed by atoms with Gasteiger partial charge in [-0.2, -0.15) is 0 Å². The molecule has 1 unspecified atom stereocenters. The van der Waals surface area contributed by atoms with Crippen LogP contribution in [0.15, 0.2) is 24.3 Å². The highest BCUT2D eigenvalue weighted by molar-refractivity contribution is 8.00. The number of ether oxygens (including phenoxy) is 1. The molecule has 1 aliphatic heterocycles. The third-order valence-corrected chi connectivity index (χ3v) is 4.37. The largest absolute Gasteiger partial charge is 0.496 e. The Kier molecular flexibility index (Phi) is 5.12. The van der Waals surface area contributed by atoms with E-state index in [0.717, 1.165) is 11.3 Å². The lowest BCUT2D eigenvalue weighted by Gasteiger charge is -2.25. The van der Waals surface area contributed by atoms with Gasteiger partial charge in [-0.15, -0.1) is 11.8 Å². The van der Waals surface area contributed by atoms with Gasteiger partial charge >= 0.3 is 0 Å². The lowest BCUT2D eigenvalue weighted by atomic mass is 10.2. The Bertz CT molecular complexity index is 533. The lowest BCUT2D eigenvalue weighted by molar-refractivity contribution is -0.134. The summed E-state index contributed by atoms with van der Waals surface area (Å²) in [6.45, 7) is 3.87. The summed E-state index contributed by atoms with van der Waals surface area (Å²) < 4.78 is 5.36. The predicted octanol–water partition coefficient (Wildman–Crippen LogP) is 1.79. The summed E-state index contributed by atoms with van der Waals surface area (Å²) in [6, 6.07) is 7.66. The van der Waals surface area contributed by atoms with Crippen molar-refractivity contribution < 1.29 is 14.3 Å². The number of rotatable bonds is 5. The maximum Gasteiger partial charge on any atom is 0.239 e. The Morgan fingerprint density at radius 2 is 2.19 bits per heavy atom. The molecule has 6 heteroatoms. The lowest BCUT2D eigenvalue weighted by Crippen LogP contribution is -2.41. The standard InChI is InChI=1S/C15H20N2O3S/c1-10(2)16-13(18)8-17-14(19)9-21-15(17)11-6-4-5-7-12(11)20-3/h4-7,10,15H,8-9H2,1-3H3,(H,16,18). The van der Waals surface area contributed by atoms with Gasteiger partial charge in [0.05, 0.1) is 12.9 Å².